The van der Waals surface area contributed by atoms with Gasteiger partial charge in [0.05, 0.1) is 0 Å². The molecule has 2 N–H and O–H groups in total. The predicted molar refractivity (Wildman–Crippen MR) is 128 cm³/mol. The highest BCUT2D eigenvalue weighted by Crippen LogP contribution is 2.60. The number of hydrogen-bond donors (Lipinski definition) is 2. The average Bonchev–Trinajstić information content (AvgIpc) is 2.81. The molecule has 32 heavy (non-hydrogen) atoms. The first-order valence-corrected chi connectivity index (χ1v) is 12.1. The minimum Gasteiger partial charge on any atom is -0.376 e. The number of fused-ring (bicyclic) bond motifs is 2. The van der Waals surface area contributed by atoms with E-state index in [1.165, 1.54) is 12.8 Å². The highest BCUT2D eigenvalue weighted by atomic mass is 16.3. The van der Waals surface area contributed by atoms with Gasteiger partial charge in [0.2, 0.25) is 0 Å². The normalized spacial score (nSPS) is 32.3. The number of aliphatic hydroxyl groups excluding tert-OH is 2. The first kappa shape index (κ1) is 21.6. The number of rotatable bonds is 2. The number of benzene rings is 1. The van der Waals surface area contributed by atoms with Gasteiger partial charge in [0.15, 0.2) is 0 Å². The molecule has 2 heteroatoms. The maximum absolute atomic E-state index is 10.7. The van der Waals surface area contributed by atoms with E-state index in [9.17, 15) is 10.2 Å². The lowest BCUT2D eigenvalue weighted by atomic mass is 9.48. The lowest BCUT2D eigenvalue weighted by Crippen LogP contribution is -2.49. The second kappa shape index (κ2) is 7.66. The van der Waals surface area contributed by atoms with Crippen LogP contribution in [0.5, 0.6) is 0 Å². The predicted octanol–water partition coefficient (Wildman–Crippen LogP) is 5.10. The number of aliphatic hydroxyl groups is 2. The molecular weight excluding hydrogens is 392 g/mol. The Morgan fingerprint density at radius 2 is 1.22 bits per heavy atom. The first-order valence-electron chi connectivity index (χ1n) is 12.1. The fourth-order valence-electron chi connectivity index (χ4n) is 6.55. The summed E-state index contributed by atoms with van der Waals surface area (Å²) < 4.78 is 0. The second-order valence-corrected chi connectivity index (χ2v) is 11.4. The van der Waals surface area contributed by atoms with Gasteiger partial charge in [-0.25, -0.2) is 0 Å². The molecule has 2 fully saturated rings. The van der Waals surface area contributed by atoms with Crippen molar-refractivity contribution in [3.05, 3.63) is 58.7 Å². The fourth-order valence-corrected chi connectivity index (χ4v) is 6.55. The van der Waals surface area contributed by atoms with Crippen LogP contribution >= 0.6 is 0 Å². The molecular formula is C30H34O2. The Kier molecular flexibility index (Phi) is 5.16. The van der Waals surface area contributed by atoms with Gasteiger partial charge in [-0.2, -0.15) is 0 Å². The van der Waals surface area contributed by atoms with Crippen molar-refractivity contribution in [3.8, 4) is 23.7 Å². The Balaban J connectivity index is 1.28. The molecule has 0 amide bonds. The molecule has 2 saturated carbocycles. The average molecular weight is 427 g/mol. The van der Waals surface area contributed by atoms with Gasteiger partial charge in [-0.05, 0) is 89.5 Å². The minimum absolute atomic E-state index is 0.284. The Morgan fingerprint density at radius 3 is 1.59 bits per heavy atom. The van der Waals surface area contributed by atoms with Crippen LogP contribution in [0.15, 0.2) is 47.6 Å². The molecule has 0 saturated heterocycles. The van der Waals surface area contributed by atoms with Crippen molar-refractivity contribution in [1.29, 1.82) is 0 Å². The molecule has 0 aromatic heterocycles. The van der Waals surface area contributed by atoms with Crippen LogP contribution in [0.25, 0.3) is 0 Å². The van der Waals surface area contributed by atoms with E-state index in [1.54, 1.807) is 0 Å². The summed E-state index contributed by atoms with van der Waals surface area (Å²) in [6, 6.07) is 7.77. The van der Waals surface area contributed by atoms with Crippen LogP contribution in [0.3, 0.4) is 0 Å². The highest BCUT2D eigenvalue weighted by Gasteiger charge is 2.53. The summed E-state index contributed by atoms with van der Waals surface area (Å²) in [7, 11) is 0. The largest absolute Gasteiger partial charge is 0.376 e. The lowest BCUT2D eigenvalue weighted by Gasteiger charge is -2.56. The molecule has 7 rings (SSSR count). The van der Waals surface area contributed by atoms with E-state index in [1.807, 2.05) is 24.3 Å². The SMILES string of the molecule is CC1(C)[C@H]2CC=C(C(O)C#Cc3cccc(C#CC(O)C4=CC[C@H]5C[C@@H]4C5(C)C)c3)[C@@H]1C2. The summed E-state index contributed by atoms with van der Waals surface area (Å²) in [5.41, 5.74) is 4.45. The van der Waals surface area contributed by atoms with E-state index >= 15 is 0 Å². The van der Waals surface area contributed by atoms with Crippen LogP contribution in [0, 0.1) is 58.2 Å². The van der Waals surface area contributed by atoms with E-state index in [-0.39, 0.29) is 10.8 Å². The molecule has 0 spiro atoms. The standard InChI is InChI=1S/C30H34O2/c1-29(2)21-10-12-23(25(29)17-21)27(31)14-8-19-6-5-7-20(16-19)9-15-28(32)24-13-11-22-18-26(24)30(22,3)4/h5-7,12-13,16,21-22,25-28,31-32H,10-11,17-18H2,1-4H3/t21-,22-,25-,26-,27?,28?/m0/s1. The zero-order valence-electron chi connectivity index (χ0n) is 19.7. The zero-order chi connectivity index (χ0) is 22.7. The molecule has 6 atom stereocenters. The van der Waals surface area contributed by atoms with Crippen molar-refractivity contribution in [2.45, 2.75) is 65.6 Å². The van der Waals surface area contributed by atoms with Crippen LogP contribution < -0.4 is 0 Å². The minimum atomic E-state index is -0.704. The van der Waals surface area contributed by atoms with Crippen LogP contribution in [0.2, 0.25) is 0 Å². The van der Waals surface area contributed by atoms with E-state index < -0.39 is 12.2 Å². The molecule has 0 radical (unpaired) electrons. The number of hydrogen-bond acceptors (Lipinski definition) is 2. The smallest absolute Gasteiger partial charge is 0.136 e. The van der Waals surface area contributed by atoms with Crippen molar-refractivity contribution in [2.75, 3.05) is 0 Å². The summed E-state index contributed by atoms with van der Waals surface area (Å²) in [5.74, 6) is 14.8. The van der Waals surface area contributed by atoms with Crippen molar-refractivity contribution in [2.24, 2.45) is 34.5 Å². The van der Waals surface area contributed by atoms with Crippen molar-refractivity contribution in [1.82, 2.24) is 0 Å². The number of allylic oxidation sites excluding steroid dienone is 2. The van der Waals surface area contributed by atoms with Crippen molar-refractivity contribution < 1.29 is 10.2 Å². The quantitative estimate of drug-likeness (QED) is 0.510. The summed E-state index contributed by atoms with van der Waals surface area (Å²) in [4.78, 5) is 0. The summed E-state index contributed by atoms with van der Waals surface area (Å²) in [6.07, 6.45) is 7.48. The lowest BCUT2D eigenvalue weighted by molar-refractivity contribution is -0.0169. The molecule has 6 aliphatic rings. The topological polar surface area (TPSA) is 40.5 Å². The van der Waals surface area contributed by atoms with Gasteiger partial charge in [-0.15, -0.1) is 0 Å². The Labute approximate surface area is 192 Å². The second-order valence-electron chi connectivity index (χ2n) is 11.4. The first-order chi connectivity index (χ1) is 15.2. The summed E-state index contributed by atoms with van der Waals surface area (Å²) in [6.45, 7) is 9.23. The summed E-state index contributed by atoms with van der Waals surface area (Å²) >= 11 is 0. The van der Waals surface area contributed by atoms with Gasteiger partial charge in [-0.3, -0.25) is 0 Å². The van der Waals surface area contributed by atoms with Gasteiger partial charge in [-0.1, -0.05) is 69.6 Å². The molecule has 1 aromatic carbocycles. The van der Waals surface area contributed by atoms with Gasteiger partial charge in [0.1, 0.15) is 12.2 Å². The molecule has 0 heterocycles. The van der Waals surface area contributed by atoms with E-state index in [0.29, 0.717) is 11.8 Å². The van der Waals surface area contributed by atoms with Crippen LogP contribution in [-0.4, -0.2) is 22.4 Å². The molecule has 4 bridgehead atoms. The Morgan fingerprint density at radius 1 is 0.781 bits per heavy atom. The van der Waals surface area contributed by atoms with Gasteiger partial charge in [0.25, 0.3) is 0 Å². The van der Waals surface area contributed by atoms with Gasteiger partial charge >= 0.3 is 0 Å². The molecule has 2 nitrogen and oxygen atoms in total. The Hall–Kier alpha value is -2.26. The zero-order valence-corrected chi connectivity index (χ0v) is 19.7. The maximum atomic E-state index is 10.7. The molecule has 1 aromatic rings. The molecule has 2 unspecified atom stereocenters. The van der Waals surface area contributed by atoms with E-state index in [2.05, 4.69) is 63.5 Å². The van der Waals surface area contributed by atoms with Crippen molar-refractivity contribution >= 4 is 0 Å². The third kappa shape index (κ3) is 3.46. The third-order valence-electron chi connectivity index (χ3n) is 9.22. The van der Waals surface area contributed by atoms with Crippen LogP contribution in [0.1, 0.15) is 64.5 Å². The summed E-state index contributed by atoms with van der Waals surface area (Å²) in [5, 5.41) is 21.4. The Bertz CT molecular complexity index is 1030. The van der Waals surface area contributed by atoms with E-state index in [4.69, 9.17) is 0 Å². The fraction of sp³-hybridized carbons (Fsp3) is 0.533. The molecule has 6 aliphatic carbocycles. The monoisotopic (exact) mass is 426 g/mol. The highest BCUT2D eigenvalue weighted by molar-refractivity contribution is 5.46. The van der Waals surface area contributed by atoms with Crippen LogP contribution in [-0.2, 0) is 0 Å². The van der Waals surface area contributed by atoms with E-state index in [0.717, 1.165) is 47.0 Å². The molecule has 0 aliphatic heterocycles. The van der Waals surface area contributed by atoms with Gasteiger partial charge in [0, 0.05) is 11.1 Å². The van der Waals surface area contributed by atoms with Crippen molar-refractivity contribution in [3.63, 3.8) is 0 Å². The van der Waals surface area contributed by atoms with Gasteiger partial charge < -0.3 is 10.2 Å². The maximum Gasteiger partial charge on any atom is 0.136 e. The van der Waals surface area contributed by atoms with Crippen LogP contribution in [0.4, 0.5) is 0 Å². The third-order valence-corrected chi connectivity index (χ3v) is 9.22. The molecule has 166 valence electrons.